The summed E-state index contributed by atoms with van der Waals surface area (Å²) in [6, 6.07) is 17.0. The van der Waals surface area contributed by atoms with Crippen LogP contribution in [0.2, 0.25) is 0 Å². The number of likely N-dealkylation sites (N-methyl/N-ethyl adjacent to an activating group) is 1. The SMILES string of the molecule is CCOc1c(/C(C)=C/C(=O)N2CCN(C)CC2)cc2c(-c3ccc4ccccc4c3)coc2c1C. The molecule has 0 N–H and O–H groups in total. The van der Waals surface area contributed by atoms with Gasteiger partial charge in [0.25, 0.3) is 0 Å². The van der Waals surface area contributed by atoms with Crippen molar-refractivity contribution >= 4 is 33.2 Å². The van der Waals surface area contributed by atoms with Crippen LogP contribution in [0.4, 0.5) is 0 Å². The zero-order valence-electron chi connectivity index (χ0n) is 20.9. The molecule has 1 aliphatic heterocycles. The maximum Gasteiger partial charge on any atom is 0.246 e. The summed E-state index contributed by atoms with van der Waals surface area (Å²) in [5.41, 5.74) is 5.74. The average Bonchev–Trinajstić information content (AvgIpc) is 3.30. The summed E-state index contributed by atoms with van der Waals surface area (Å²) in [6.07, 6.45) is 3.58. The van der Waals surface area contributed by atoms with E-state index in [2.05, 4.69) is 60.5 Å². The van der Waals surface area contributed by atoms with Gasteiger partial charge in [0.15, 0.2) is 0 Å². The number of carbonyl (C=O) groups excluding carboxylic acids is 1. The van der Waals surface area contributed by atoms with Crippen LogP contribution < -0.4 is 4.74 Å². The third-order valence-electron chi connectivity index (χ3n) is 6.97. The quantitative estimate of drug-likeness (QED) is 0.330. The lowest BCUT2D eigenvalue weighted by Crippen LogP contribution is -2.46. The fraction of sp³-hybridized carbons (Fsp3) is 0.300. The van der Waals surface area contributed by atoms with Crippen LogP contribution in [0.15, 0.2) is 65.3 Å². The number of rotatable bonds is 5. The number of fused-ring (bicyclic) bond motifs is 2. The van der Waals surface area contributed by atoms with E-state index >= 15 is 0 Å². The van der Waals surface area contributed by atoms with E-state index in [1.807, 2.05) is 31.9 Å². The lowest BCUT2D eigenvalue weighted by molar-refractivity contribution is -0.127. The van der Waals surface area contributed by atoms with Crippen LogP contribution in [0.25, 0.3) is 38.4 Å². The van der Waals surface area contributed by atoms with E-state index in [0.717, 1.165) is 70.7 Å². The smallest absolute Gasteiger partial charge is 0.246 e. The maximum absolute atomic E-state index is 13.0. The molecular formula is C30H32N2O3. The van der Waals surface area contributed by atoms with Crippen LogP contribution in [0, 0.1) is 6.92 Å². The molecule has 1 aliphatic rings. The van der Waals surface area contributed by atoms with E-state index in [1.165, 1.54) is 10.8 Å². The van der Waals surface area contributed by atoms with E-state index in [-0.39, 0.29) is 5.91 Å². The first-order chi connectivity index (χ1) is 17.0. The van der Waals surface area contributed by atoms with Crippen LogP contribution in [0.3, 0.4) is 0 Å². The molecule has 3 aromatic carbocycles. The zero-order valence-corrected chi connectivity index (χ0v) is 20.9. The molecule has 0 aliphatic carbocycles. The van der Waals surface area contributed by atoms with Gasteiger partial charge in [0, 0.05) is 54.3 Å². The van der Waals surface area contributed by atoms with E-state index in [1.54, 1.807) is 6.08 Å². The van der Waals surface area contributed by atoms with Gasteiger partial charge >= 0.3 is 0 Å². The van der Waals surface area contributed by atoms with Crippen LogP contribution in [-0.2, 0) is 4.79 Å². The molecule has 1 saturated heterocycles. The van der Waals surface area contributed by atoms with Crippen molar-refractivity contribution in [1.82, 2.24) is 9.80 Å². The van der Waals surface area contributed by atoms with Gasteiger partial charge in [-0.3, -0.25) is 4.79 Å². The van der Waals surface area contributed by atoms with Crippen LogP contribution in [-0.4, -0.2) is 55.5 Å². The number of benzene rings is 3. The number of hydrogen-bond acceptors (Lipinski definition) is 4. The first-order valence-corrected chi connectivity index (χ1v) is 12.3. The Hall–Kier alpha value is -3.57. The van der Waals surface area contributed by atoms with Gasteiger partial charge in [-0.1, -0.05) is 36.4 Å². The molecule has 5 rings (SSSR count). The number of nitrogens with zero attached hydrogens (tertiary/aromatic N) is 2. The molecule has 0 unspecified atom stereocenters. The van der Waals surface area contributed by atoms with Crippen LogP contribution in [0.1, 0.15) is 25.0 Å². The van der Waals surface area contributed by atoms with Gasteiger partial charge in [-0.2, -0.15) is 0 Å². The number of furan rings is 1. The predicted octanol–water partition coefficient (Wildman–Crippen LogP) is 6.14. The van der Waals surface area contributed by atoms with Gasteiger partial charge < -0.3 is 19.0 Å². The third kappa shape index (κ3) is 4.44. The molecule has 1 aromatic heterocycles. The van der Waals surface area contributed by atoms with Crippen LogP contribution in [0.5, 0.6) is 5.75 Å². The zero-order chi connectivity index (χ0) is 24.5. The maximum atomic E-state index is 13.0. The van der Waals surface area contributed by atoms with Gasteiger partial charge in [0.2, 0.25) is 5.91 Å². The number of piperazine rings is 1. The van der Waals surface area contributed by atoms with Crippen molar-refractivity contribution in [3.8, 4) is 16.9 Å². The van der Waals surface area contributed by atoms with E-state index in [4.69, 9.17) is 9.15 Å². The monoisotopic (exact) mass is 468 g/mol. The predicted molar refractivity (Wildman–Crippen MR) is 143 cm³/mol. The Labute approximate surface area is 206 Å². The number of hydrogen-bond donors (Lipinski definition) is 0. The molecule has 0 bridgehead atoms. The summed E-state index contributed by atoms with van der Waals surface area (Å²) in [5, 5.41) is 3.42. The number of carbonyl (C=O) groups is 1. The average molecular weight is 469 g/mol. The molecule has 4 aromatic rings. The Morgan fingerprint density at radius 3 is 2.54 bits per heavy atom. The summed E-state index contributed by atoms with van der Waals surface area (Å²) in [5.74, 6) is 0.831. The molecule has 0 radical (unpaired) electrons. The highest BCUT2D eigenvalue weighted by Crippen LogP contribution is 2.41. The third-order valence-corrected chi connectivity index (χ3v) is 6.97. The van der Waals surface area contributed by atoms with Crippen LogP contribution >= 0.6 is 0 Å². The molecule has 2 heterocycles. The largest absolute Gasteiger partial charge is 0.493 e. The van der Waals surface area contributed by atoms with E-state index < -0.39 is 0 Å². The van der Waals surface area contributed by atoms with Crippen molar-refractivity contribution in [2.75, 3.05) is 39.8 Å². The van der Waals surface area contributed by atoms with E-state index in [9.17, 15) is 4.79 Å². The van der Waals surface area contributed by atoms with Crippen molar-refractivity contribution in [2.45, 2.75) is 20.8 Å². The first-order valence-electron chi connectivity index (χ1n) is 12.3. The molecule has 0 atom stereocenters. The normalized spacial score (nSPS) is 15.2. The topological polar surface area (TPSA) is 45.9 Å². The van der Waals surface area contributed by atoms with Gasteiger partial charge in [0.05, 0.1) is 12.9 Å². The second kappa shape index (κ2) is 9.59. The highest BCUT2D eigenvalue weighted by molar-refractivity contribution is 6.02. The fourth-order valence-corrected chi connectivity index (χ4v) is 4.90. The molecule has 0 spiro atoms. The minimum Gasteiger partial charge on any atom is -0.493 e. The summed E-state index contributed by atoms with van der Waals surface area (Å²) < 4.78 is 12.2. The summed E-state index contributed by atoms with van der Waals surface area (Å²) in [4.78, 5) is 17.2. The van der Waals surface area contributed by atoms with Crippen molar-refractivity contribution in [3.05, 3.63) is 72.0 Å². The minimum absolute atomic E-state index is 0.0535. The molecule has 0 saturated carbocycles. The first kappa shape index (κ1) is 23.2. The summed E-state index contributed by atoms with van der Waals surface area (Å²) in [6.45, 7) is 9.84. The summed E-state index contributed by atoms with van der Waals surface area (Å²) >= 11 is 0. The highest BCUT2D eigenvalue weighted by Gasteiger charge is 2.21. The molecule has 180 valence electrons. The number of ether oxygens (including phenoxy) is 1. The van der Waals surface area contributed by atoms with Crippen molar-refractivity contribution < 1.29 is 13.9 Å². The Morgan fingerprint density at radius 2 is 1.80 bits per heavy atom. The van der Waals surface area contributed by atoms with E-state index in [0.29, 0.717) is 6.61 Å². The molecule has 5 heteroatoms. The lowest BCUT2D eigenvalue weighted by atomic mass is 9.95. The van der Waals surface area contributed by atoms with Crippen molar-refractivity contribution in [2.24, 2.45) is 0 Å². The molecule has 1 amide bonds. The van der Waals surface area contributed by atoms with Gasteiger partial charge in [-0.15, -0.1) is 0 Å². The van der Waals surface area contributed by atoms with Gasteiger partial charge in [0.1, 0.15) is 11.3 Å². The minimum atomic E-state index is 0.0535. The number of aryl methyl sites for hydroxylation is 1. The lowest BCUT2D eigenvalue weighted by Gasteiger charge is -2.31. The Kier molecular flexibility index (Phi) is 6.35. The molecule has 5 nitrogen and oxygen atoms in total. The second-order valence-electron chi connectivity index (χ2n) is 9.36. The molecular weight excluding hydrogens is 436 g/mol. The van der Waals surface area contributed by atoms with Crippen molar-refractivity contribution in [1.29, 1.82) is 0 Å². The number of allylic oxidation sites excluding steroid dienone is 1. The Balaban J connectivity index is 1.59. The second-order valence-corrected chi connectivity index (χ2v) is 9.36. The summed E-state index contributed by atoms with van der Waals surface area (Å²) in [7, 11) is 2.09. The Morgan fingerprint density at radius 1 is 1.06 bits per heavy atom. The highest BCUT2D eigenvalue weighted by atomic mass is 16.5. The van der Waals surface area contributed by atoms with Crippen molar-refractivity contribution in [3.63, 3.8) is 0 Å². The van der Waals surface area contributed by atoms with Gasteiger partial charge in [-0.25, -0.2) is 0 Å². The molecule has 35 heavy (non-hydrogen) atoms. The van der Waals surface area contributed by atoms with Gasteiger partial charge in [-0.05, 0) is 61.9 Å². The Bertz CT molecular complexity index is 1420. The standard InChI is InChI=1S/C30H32N2O3/c1-5-34-29-21(3)30-26(18-25(29)20(2)16-28(33)32-14-12-31(4)13-15-32)27(19-35-30)24-11-10-22-8-6-7-9-23(22)17-24/h6-11,16-19H,5,12-15H2,1-4H3/b20-16+. The number of amides is 1. The fourth-order valence-electron chi connectivity index (χ4n) is 4.90. The molecule has 1 fully saturated rings.